The molecule has 0 radical (unpaired) electrons. The lowest BCUT2D eigenvalue weighted by Gasteiger charge is -2.18. The highest BCUT2D eigenvalue weighted by Crippen LogP contribution is 2.23. The molecule has 4 rings (SSSR count). The number of hydrogen-bond donors (Lipinski definition) is 2. The van der Waals surface area contributed by atoms with Gasteiger partial charge in [-0.15, -0.1) is 0 Å². The Hall–Kier alpha value is -2.70. The van der Waals surface area contributed by atoms with Gasteiger partial charge in [0.05, 0.1) is 5.69 Å². The fraction of sp³-hybridized carbons (Fsp3) is 0.500. The van der Waals surface area contributed by atoms with Crippen LogP contribution in [0, 0.1) is 5.82 Å². The number of carbonyl (C=O) groups excluding carboxylic acids is 2. The van der Waals surface area contributed by atoms with Crippen LogP contribution in [0.25, 0.3) is 0 Å². The lowest BCUT2D eigenvalue weighted by atomic mass is 10.1. The van der Waals surface area contributed by atoms with Crippen molar-refractivity contribution in [2.45, 2.75) is 70.4 Å². The van der Waals surface area contributed by atoms with E-state index >= 15 is 0 Å². The first kappa shape index (κ1) is 19.6. The molecular formula is C22H27FN4O2. The smallest absolute Gasteiger partial charge is 0.291 e. The summed E-state index contributed by atoms with van der Waals surface area (Å²) in [5, 5.41) is 5.90. The predicted octanol–water partition coefficient (Wildman–Crippen LogP) is 4.06. The third kappa shape index (κ3) is 4.49. The van der Waals surface area contributed by atoms with Gasteiger partial charge in [-0.2, -0.15) is 0 Å². The largest absolute Gasteiger partial charge is 0.348 e. The van der Waals surface area contributed by atoms with Gasteiger partial charge in [-0.25, -0.2) is 9.37 Å². The first-order valence-electron chi connectivity index (χ1n) is 10.6. The number of halogens is 1. The molecule has 1 aliphatic heterocycles. The Balaban J connectivity index is 1.55. The van der Waals surface area contributed by atoms with Gasteiger partial charge in [0.15, 0.2) is 5.82 Å². The quantitative estimate of drug-likeness (QED) is 0.763. The summed E-state index contributed by atoms with van der Waals surface area (Å²) < 4.78 is 15.0. The van der Waals surface area contributed by atoms with Crippen molar-refractivity contribution < 1.29 is 14.0 Å². The summed E-state index contributed by atoms with van der Waals surface area (Å²) in [6.45, 7) is 0.672. The maximum absolute atomic E-state index is 13.1. The Morgan fingerprint density at radius 1 is 0.966 bits per heavy atom. The number of rotatable bonds is 4. The van der Waals surface area contributed by atoms with Crippen LogP contribution < -0.4 is 10.6 Å². The van der Waals surface area contributed by atoms with Crippen molar-refractivity contribution in [2.24, 2.45) is 0 Å². The van der Waals surface area contributed by atoms with Crippen LogP contribution in [-0.2, 0) is 13.0 Å². The van der Waals surface area contributed by atoms with Gasteiger partial charge in [-0.1, -0.05) is 25.7 Å². The van der Waals surface area contributed by atoms with E-state index in [1.54, 1.807) is 0 Å². The Morgan fingerprint density at radius 2 is 1.69 bits per heavy atom. The van der Waals surface area contributed by atoms with Crippen LogP contribution in [-0.4, -0.2) is 27.4 Å². The minimum atomic E-state index is -0.381. The zero-order valence-corrected chi connectivity index (χ0v) is 16.5. The lowest BCUT2D eigenvalue weighted by Crippen LogP contribution is -2.35. The number of aromatic nitrogens is 2. The van der Waals surface area contributed by atoms with E-state index in [-0.39, 0.29) is 29.5 Å². The molecular weight excluding hydrogens is 371 g/mol. The Bertz CT molecular complexity index is 883. The first-order valence-corrected chi connectivity index (χ1v) is 10.6. The number of imidazole rings is 1. The highest BCUT2D eigenvalue weighted by atomic mass is 19.1. The molecule has 29 heavy (non-hydrogen) atoms. The van der Waals surface area contributed by atoms with E-state index in [1.165, 1.54) is 37.1 Å². The summed E-state index contributed by atoms with van der Waals surface area (Å²) in [5.74, 6) is -0.676. The second-order valence-electron chi connectivity index (χ2n) is 7.96. The number of hydrogen-bond acceptors (Lipinski definition) is 3. The number of nitrogens with one attached hydrogen (secondary N) is 2. The van der Waals surface area contributed by atoms with Crippen molar-refractivity contribution in [3.63, 3.8) is 0 Å². The van der Waals surface area contributed by atoms with E-state index in [0.29, 0.717) is 17.9 Å². The third-order valence-corrected chi connectivity index (χ3v) is 5.83. The van der Waals surface area contributed by atoms with E-state index in [1.807, 2.05) is 4.57 Å². The average molecular weight is 398 g/mol. The van der Waals surface area contributed by atoms with E-state index in [2.05, 4.69) is 15.6 Å². The van der Waals surface area contributed by atoms with Crippen molar-refractivity contribution in [1.82, 2.24) is 14.9 Å². The van der Waals surface area contributed by atoms with Crippen molar-refractivity contribution in [3.8, 4) is 0 Å². The number of anilines is 1. The summed E-state index contributed by atoms with van der Waals surface area (Å²) in [7, 11) is 0. The summed E-state index contributed by atoms with van der Waals surface area (Å²) >= 11 is 0. The molecule has 2 aliphatic rings. The van der Waals surface area contributed by atoms with Gasteiger partial charge in [0, 0.05) is 18.3 Å². The number of nitrogens with zero attached hydrogens (tertiary/aromatic N) is 2. The molecule has 2 heterocycles. The highest BCUT2D eigenvalue weighted by Gasteiger charge is 2.28. The number of carbonyl (C=O) groups is 2. The van der Waals surface area contributed by atoms with Gasteiger partial charge in [-0.05, 0) is 56.4 Å². The fourth-order valence-corrected chi connectivity index (χ4v) is 4.30. The van der Waals surface area contributed by atoms with Crippen LogP contribution in [0.3, 0.4) is 0 Å². The molecule has 2 aromatic rings. The van der Waals surface area contributed by atoms with Crippen molar-refractivity contribution in [1.29, 1.82) is 0 Å². The molecule has 1 aromatic carbocycles. The number of benzene rings is 1. The van der Waals surface area contributed by atoms with Crippen molar-refractivity contribution in [3.05, 3.63) is 47.3 Å². The molecule has 6 nitrogen and oxygen atoms in total. The van der Waals surface area contributed by atoms with Gasteiger partial charge in [0.25, 0.3) is 11.8 Å². The van der Waals surface area contributed by atoms with Crippen LogP contribution in [0.2, 0.25) is 0 Å². The van der Waals surface area contributed by atoms with E-state index in [4.69, 9.17) is 0 Å². The summed E-state index contributed by atoms with van der Waals surface area (Å²) in [4.78, 5) is 30.3. The van der Waals surface area contributed by atoms with Gasteiger partial charge in [0.2, 0.25) is 0 Å². The molecule has 0 bridgehead atoms. The number of amides is 2. The average Bonchev–Trinajstić information content (AvgIpc) is 2.93. The standard InChI is InChI=1S/C22H27FN4O2/c23-15-10-12-17(13-11-15)25-22(29)20-26-19(18-9-5-6-14-27(18)20)21(28)24-16-7-3-1-2-4-8-16/h10-13,16H,1-9,14H2,(H,24,28)(H,25,29). The molecule has 0 atom stereocenters. The second-order valence-corrected chi connectivity index (χ2v) is 7.96. The zero-order valence-electron chi connectivity index (χ0n) is 16.5. The van der Waals surface area contributed by atoms with Gasteiger partial charge in [0.1, 0.15) is 11.5 Å². The minimum absolute atomic E-state index is 0.177. The molecule has 0 unspecified atom stereocenters. The molecule has 1 aliphatic carbocycles. The van der Waals surface area contributed by atoms with Crippen LogP contribution >= 0.6 is 0 Å². The van der Waals surface area contributed by atoms with Crippen molar-refractivity contribution in [2.75, 3.05) is 5.32 Å². The molecule has 2 N–H and O–H groups in total. The van der Waals surface area contributed by atoms with Gasteiger partial charge < -0.3 is 15.2 Å². The SMILES string of the molecule is O=C(NC1CCCCCC1)c1nc(C(=O)Nc2ccc(F)cc2)n2c1CCCC2. The maximum Gasteiger partial charge on any atom is 0.291 e. The maximum atomic E-state index is 13.1. The predicted molar refractivity (Wildman–Crippen MR) is 108 cm³/mol. The zero-order chi connectivity index (χ0) is 20.2. The monoisotopic (exact) mass is 398 g/mol. The van der Waals surface area contributed by atoms with Crippen LogP contribution in [0.5, 0.6) is 0 Å². The fourth-order valence-electron chi connectivity index (χ4n) is 4.30. The molecule has 2 amide bonds. The molecule has 1 fully saturated rings. The number of fused-ring (bicyclic) bond motifs is 1. The van der Waals surface area contributed by atoms with E-state index in [9.17, 15) is 14.0 Å². The normalized spacial score (nSPS) is 17.3. The molecule has 1 saturated carbocycles. The summed E-state index contributed by atoms with van der Waals surface area (Å²) in [6.07, 6.45) is 9.39. The molecule has 0 spiro atoms. The van der Waals surface area contributed by atoms with Crippen LogP contribution in [0.4, 0.5) is 10.1 Å². The van der Waals surface area contributed by atoms with E-state index in [0.717, 1.165) is 50.6 Å². The Morgan fingerprint density at radius 3 is 2.41 bits per heavy atom. The molecule has 1 aromatic heterocycles. The second kappa shape index (κ2) is 8.76. The van der Waals surface area contributed by atoms with Crippen molar-refractivity contribution >= 4 is 17.5 Å². The van der Waals surface area contributed by atoms with Gasteiger partial charge in [-0.3, -0.25) is 9.59 Å². The summed E-state index contributed by atoms with van der Waals surface area (Å²) in [6, 6.07) is 5.78. The Labute approximate surface area is 169 Å². The topological polar surface area (TPSA) is 76.0 Å². The molecule has 154 valence electrons. The minimum Gasteiger partial charge on any atom is -0.348 e. The van der Waals surface area contributed by atoms with Gasteiger partial charge >= 0.3 is 0 Å². The van der Waals surface area contributed by atoms with Crippen LogP contribution in [0.15, 0.2) is 24.3 Å². The first-order chi connectivity index (χ1) is 14.1. The molecule has 7 heteroatoms. The van der Waals surface area contributed by atoms with Crippen LogP contribution in [0.1, 0.15) is 78.2 Å². The van der Waals surface area contributed by atoms with E-state index < -0.39 is 0 Å². The summed E-state index contributed by atoms with van der Waals surface area (Å²) in [5.41, 5.74) is 1.71. The lowest BCUT2D eigenvalue weighted by molar-refractivity contribution is 0.0927. The Kier molecular flexibility index (Phi) is 5.92. The molecule has 0 saturated heterocycles. The highest BCUT2D eigenvalue weighted by molar-refractivity contribution is 6.03. The third-order valence-electron chi connectivity index (χ3n) is 5.83.